The number of carboxylic acids is 1. The summed E-state index contributed by atoms with van der Waals surface area (Å²) in [5, 5.41) is 23.2. The number of benzene rings is 1. The molecule has 0 heterocycles. The van der Waals surface area contributed by atoms with Gasteiger partial charge in [-0.3, -0.25) is 9.59 Å². The van der Waals surface area contributed by atoms with Crippen molar-refractivity contribution in [1.82, 2.24) is 5.32 Å². The van der Waals surface area contributed by atoms with Gasteiger partial charge in [0.1, 0.15) is 11.8 Å². The summed E-state index contributed by atoms with van der Waals surface area (Å²) >= 11 is 0. The van der Waals surface area contributed by atoms with Crippen molar-refractivity contribution in [1.29, 1.82) is 0 Å². The molecule has 1 aromatic rings. The molecule has 0 radical (unpaired) electrons. The van der Waals surface area contributed by atoms with E-state index in [2.05, 4.69) is 10.6 Å². The number of carbonyl (C=O) groups is 2. The van der Waals surface area contributed by atoms with E-state index < -0.39 is 17.9 Å². The van der Waals surface area contributed by atoms with Crippen LogP contribution in [0, 0.1) is 0 Å². The number of anilines is 1. The van der Waals surface area contributed by atoms with Crippen molar-refractivity contribution in [2.24, 2.45) is 0 Å². The van der Waals surface area contributed by atoms with Crippen LogP contribution in [0.2, 0.25) is 0 Å². The minimum Gasteiger partial charge on any atom is -0.508 e. The second-order valence-electron chi connectivity index (χ2n) is 3.75. The smallest absolute Gasteiger partial charge is 0.321 e. The summed E-state index contributed by atoms with van der Waals surface area (Å²) in [6.07, 6.45) is -0.149. The lowest BCUT2D eigenvalue weighted by Crippen LogP contribution is -2.39. The predicted octanol–water partition coefficient (Wildman–Crippen LogP) is 0.783. The fraction of sp³-hybridized carbons (Fsp3) is 0.333. The number of nitrogens with one attached hydrogen (secondary N) is 2. The Labute approximate surface area is 105 Å². The van der Waals surface area contributed by atoms with Crippen molar-refractivity contribution in [3.63, 3.8) is 0 Å². The van der Waals surface area contributed by atoms with E-state index in [-0.39, 0.29) is 12.2 Å². The molecule has 0 aromatic heterocycles. The van der Waals surface area contributed by atoms with Crippen LogP contribution in [0.4, 0.5) is 5.69 Å². The van der Waals surface area contributed by atoms with Crippen LogP contribution in [-0.4, -0.2) is 34.7 Å². The zero-order valence-corrected chi connectivity index (χ0v) is 10.0. The first-order chi connectivity index (χ1) is 8.52. The van der Waals surface area contributed by atoms with E-state index in [0.717, 1.165) is 0 Å². The van der Waals surface area contributed by atoms with E-state index in [1.54, 1.807) is 6.92 Å². The highest BCUT2D eigenvalue weighted by Gasteiger charge is 2.19. The van der Waals surface area contributed by atoms with E-state index in [1.807, 2.05) is 0 Å². The highest BCUT2D eigenvalue weighted by Crippen LogP contribution is 2.14. The van der Waals surface area contributed by atoms with Gasteiger partial charge in [-0.25, -0.2) is 0 Å². The molecule has 0 aliphatic rings. The highest BCUT2D eigenvalue weighted by molar-refractivity contribution is 5.94. The monoisotopic (exact) mass is 252 g/mol. The molecule has 18 heavy (non-hydrogen) atoms. The quantitative estimate of drug-likeness (QED) is 0.561. The lowest BCUT2D eigenvalue weighted by Gasteiger charge is -2.12. The van der Waals surface area contributed by atoms with Crippen LogP contribution in [0.3, 0.4) is 0 Å². The topological polar surface area (TPSA) is 98.7 Å². The van der Waals surface area contributed by atoms with Crippen LogP contribution in [-0.2, 0) is 9.59 Å². The number of amides is 1. The molecule has 1 atom stereocenters. The van der Waals surface area contributed by atoms with Gasteiger partial charge in [0, 0.05) is 5.69 Å². The number of phenols is 1. The lowest BCUT2D eigenvalue weighted by atomic mass is 10.2. The van der Waals surface area contributed by atoms with Crippen molar-refractivity contribution in [3.05, 3.63) is 24.3 Å². The van der Waals surface area contributed by atoms with Crippen LogP contribution >= 0.6 is 0 Å². The maximum atomic E-state index is 11.6. The Morgan fingerprint density at radius 2 is 1.89 bits per heavy atom. The number of aromatic hydroxyl groups is 1. The van der Waals surface area contributed by atoms with Gasteiger partial charge in [-0.05, 0) is 30.8 Å². The van der Waals surface area contributed by atoms with Gasteiger partial charge < -0.3 is 20.8 Å². The highest BCUT2D eigenvalue weighted by atomic mass is 16.4. The Morgan fingerprint density at radius 3 is 2.39 bits per heavy atom. The Hall–Kier alpha value is -2.08. The normalized spacial score (nSPS) is 11.8. The molecule has 0 saturated carbocycles. The third-order valence-electron chi connectivity index (χ3n) is 2.29. The minimum atomic E-state index is -1.06. The maximum Gasteiger partial charge on any atom is 0.321 e. The summed E-state index contributed by atoms with van der Waals surface area (Å²) in [6.45, 7) is 2.25. The van der Waals surface area contributed by atoms with Gasteiger partial charge in [0.15, 0.2) is 0 Å². The number of aliphatic carboxylic acids is 1. The van der Waals surface area contributed by atoms with Gasteiger partial charge in [-0.2, -0.15) is 0 Å². The molecule has 0 aliphatic carbocycles. The molecule has 0 bridgehead atoms. The minimum absolute atomic E-state index is 0.101. The predicted molar refractivity (Wildman–Crippen MR) is 66.5 cm³/mol. The molecule has 0 fully saturated rings. The zero-order chi connectivity index (χ0) is 13.5. The SMILES string of the molecule is CCN[C@@H](CC(=O)Nc1ccc(O)cc1)C(=O)O. The molecular weight excluding hydrogens is 236 g/mol. The fourth-order valence-electron chi connectivity index (χ4n) is 1.44. The molecule has 6 nitrogen and oxygen atoms in total. The molecule has 1 rings (SSSR count). The summed E-state index contributed by atoms with van der Waals surface area (Å²) in [6, 6.07) is 5.06. The lowest BCUT2D eigenvalue weighted by molar-refractivity contribution is -0.141. The molecule has 0 spiro atoms. The van der Waals surface area contributed by atoms with Crippen LogP contribution in [0.25, 0.3) is 0 Å². The molecule has 1 amide bonds. The summed E-state index contributed by atoms with van der Waals surface area (Å²) in [5.41, 5.74) is 0.512. The molecule has 98 valence electrons. The largest absolute Gasteiger partial charge is 0.508 e. The number of hydrogen-bond donors (Lipinski definition) is 4. The maximum absolute atomic E-state index is 11.6. The molecule has 0 unspecified atom stereocenters. The Balaban J connectivity index is 2.54. The Bertz CT molecular complexity index is 417. The third-order valence-corrected chi connectivity index (χ3v) is 2.29. The standard InChI is InChI=1S/C12H16N2O4/c1-2-13-10(12(17)18)7-11(16)14-8-3-5-9(15)6-4-8/h3-6,10,13,15H,2,7H2,1H3,(H,14,16)(H,17,18)/t10-/m0/s1. The second kappa shape index (κ2) is 6.61. The Morgan fingerprint density at radius 1 is 1.28 bits per heavy atom. The molecule has 0 saturated heterocycles. The first-order valence-corrected chi connectivity index (χ1v) is 5.58. The van der Waals surface area contributed by atoms with Crippen molar-refractivity contribution >= 4 is 17.6 Å². The second-order valence-corrected chi connectivity index (χ2v) is 3.75. The average Bonchev–Trinajstić information content (AvgIpc) is 2.31. The van der Waals surface area contributed by atoms with Crippen molar-refractivity contribution in [2.75, 3.05) is 11.9 Å². The van der Waals surface area contributed by atoms with Crippen LogP contribution in [0.5, 0.6) is 5.75 Å². The Kier molecular flexibility index (Phi) is 5.13. The number of hydrogen-bond acceptors (Lipinski definition) is 4. The number of carbonyl (C=O) groups excluding carboxylic acids is 1. The number of phenolic OH excluding ortho intramolecular Hbond substituents is 1. The number of carboxylic acid groups (broad SMARTS) is 1. The van der Waals surface area contributed by atoms with Crippen molar-refractivity contribution in [3.8, 4) is 5.75 Å². The third kappa shape index (κ3) is 4.42. The molecular formula is C12H16N2O4. The average molecular weight is 252 g/mol. The van der Waals surface area contributed by atoms with Crippen LogP contribution in [0.15, 0.2) is 24.3 Å². The first kappa shape index (κ1) is 14.0. The molecule has 4 N–H and O–H groups in total. The van der Waals surface area contributed by atoms with Gasteiger partial charge in [-0.1, -0.05) is 6.92 Å². The summed E-state index contributed by atoms with van der Waals surface area (Å²) in [7, 11) is 0. The van der Waals surface area contributed by atoms with E-state index >= 15 is 0 Å². The van der Waals surface area contributed by atoms with Gasteiger partial charge >= 0.3 is 5.97 Å². The van der Waals surface area contributed by atoms with Gasteiger partial charge in [0.05, 0.1) is 6.42 Å². The van der Waals surface area contributed by atoms with Gasteiger partial charge in [0.25, 0.3) is 0 Å². The van der Waals surface area contributed by atoms with E-state index in [1.165, 1.54) is 24.3 Å². The fourth-order valence-corrected chi connectivity index (χ4v) is 1.44. The zero-order valence-electron chi connectivity index (χ0n) is 10.0. The van der Waals surface area contributed by atoms with Crippen LogP contribution < -0.4 is 10.6 Å². The summed E-state index contributed by atoms with van der Waals surface area (Å²) in [5.74, 6) is -1.35. The summed E-state index contributed by atoms with van der Waals surface area (Å²) < 4.78 is 0. The molecule has 0 aliphatic heterocycles. The van der Waals surface area contributed by atoms with Gasteiger partial charge in [-0.15, -0.1) is 0 Å². The van der Waals surface area contributed by atoms with Crippen molar-refractivity contribution < 1.29 is 19.8 Å². The molecule has 6 heteroatoms. The first-order valence-electron chi connectivity index (χ1n) is 5.58. The van der Waals surface area contributed by atoms with E-state index in [9.17, 15) is 9.59 Å². The summed E-state index contributed by atoms with van der Waals surface area (Å²) in [4.78, 5) is 22.5. The van der Waals surface area contributed by atoms with Crippen LogP contribution in [0.1, 0.15) is 13.3 Å². The molecule has 1 aromatic carbocycles. The number of likely N-dealkylation sites (N-methyl/N-ethyl adjacent to an activating group) is 1. The number of rotatable bonds is 6. The van der Waals surface area contributed by atoms with Crippen molar-refractivity contribution in [2.45, 2.75) is 19.4 Å². The van der Waals surface area contributed by atoms with Gasteiger partial charge in [0.2, 0.25) is 5.91 Å². The van der Waals surface area contributed by atoms with E-state index in [4.69, 9.17) is 10.2 Å². The van der Waals surface area contributed by atoms with E-state index in [0.29, 0.717) is 12.2 Å².